The van der Waals surface area contributed by atoms with Crippen LogP contribution in [0.4, 0.5) is 0 Å². The molecule has 1 unspecified atom stereocenters. The molecule has 0 saturated carbocycles. The maximum Gasteiger partial charge on any atom is 0.305 e. The van der Waals surface area contributed by atoms with Gasteiger partial charge in [-0.05, 0) is 25.2 Å². The number of carbonyl (C=O) groups is 1. The second kappa shape index (κ2) is 18.7. The summed E-state index contributed by atoms with van der Waals surface area (Å²) in [5.74, 6) is 0.574. The van der Waals surface area contributed by atoms with Crippen molar-refractivity contribution in [3.63, 3.8) is 0 Å². The molecule has 0 rings (SSSR count). The van der Waals surface area contributed by atoms with Gasteiger partial charge in [-0.3, -0.25) is 4.79 Å². The van der Waals surface area contributed by atoms with Gasteiger partial charge in [-0.2, -0.15) is 0 Å². The van der Waals surface area contributed by atoms with Gasteiger partial charge in [0.1, 0.15) is 0 Å². The Bertz CT molecular complexity index is 268. The predicted molar refractivity (Wildman–Crippen MR) is 99.3 cm³/mol. The first-order valence-corrected chi connectivity index (χ1v) is 10.1. The Hall–Kier alpha value is -0.610. The molecule has 0 bridgehead atoms. The van der Waals surface area contributed by atoms with Gasteiger partial charge in [0.25, 0.3) is 0 Å². The summed E-state index contributed by atoms with van der Waals surface area (Å²) < 4.78 is 16.4. The summed E-state index contributed by atoms with van der Waals surface area (Å²) >= 11 is 0. The molecule has 0 amide bonds. The Morgan fingerprint density at radius 2 is 1.54 bits per heavy atom. The summed E-state index contributed by atoms with van der Waals surface area (Å²) in [5.41, 5.74) is 0. The number of ether oxygens (including phenoxy) is 3. The fraction of sp³-hybridized carbons (Fsp3) is 0.950. The molecular formula is C20H40O4. The molecule has 0 saturated heterocycles. The molecule has 0 aliphatic rings. The van der Waals surface area contributed by atoms with E-state index in [0.29, 0.717) is 38.8 Å². The zero-order valence-corrected chi connectivity index (χ0v) is 16.3. The molecule has 144 valence electrons. The third-order valence-electron chi connectivity index (χ3n) is 4.20. The monoisotopic (exact) mass is 344 g/mol. The van der Waals surface area contributed by atoms with E-state index in [2.05, 4.69) is 20.8 Å². The molecule has 0 aromatic rings. The summed E-state index contributed by atoms with van der Waals surface area (Å²) in [7, 11) is 0. The van der Waals surface area contributed by atoms with E-state index in [-0.39, 0.29) is 5.97 Å². The van der Waals surface area contributed by atoms with E-state index in [4.69, 9.17) is 14.2 Å². The van der Waals surface area contributed by atoms with Gasteiger partial charge in [-0.1, -0.05) is 59.3 Å². The lowest BCUT2D eigenvalue weighted by Crippen LogP contribution is -2.13. The van der Waals surface area contributed by atoms with Crippen LogP contribution in [-0.2, 0) is 19.0 Å². The van der Waals surface area contributed by atoms with Crippen molar-refractivity contribution in [2.24, 2.45) is 5.92 Å². The van der Waals surface area contributed by atoms with Crippen molar-refractivity contribution in [2.75, 3.05) is 33.0 Å². The first-order valence-electron chi connectivity index (χ1n) is 10.1. The molecule has 0 aromatic carbocycles. The van der Waals surface area contributed by atoms with Crippen molar-refractivity contribution in [1.29, 1.82) is 0 Å². The van der Waals surface area contributed by atoms with Gasteiger partial charge in [0.2, 0.25) is 0 Å². The zero-order valence-electron chi connectivity index (χ0n) is 16.3. The van der Waals surface area contributed by atoms with Gasteiger partial charge in [0.15, 0.2) is 0 Å². The van der Waals surface area contributed by atoms with Crippen molar-refractivity contribution in [1.82, 2.24) is 0 Å². The molecule has 0 heterocycles. The first-order chi connectivity index (χ1) is 11.7. The number of carbonyl (C=O) groups excluding carboxylic acids is 1. The molecule has 0 spiro atoms. The second-order valence-electron chi connectivity index (χ2n) is 6.49. The van der Waals surface area contributed by atoms with E-state index in [1.807, 2.05) is 0 Å². The third-order valence-corrected chi connectivity index (χ3v) is 4.20. The van der Waals surface area contributed by atoms with Gasteiger partial charge in [0, 0.05) is 19.6 Å². The van der Waals surface area contributed by atoms with Crippen LogP contribution >= 0.6 is 0 Å². The van der Waals surface area contributed by atoms with Crippen molar-refractivity contribution >= 4 is 5.97 Å². The zero-order chi connectivity index (χ0) is 17.9. The minimum atomic E-state index is -0.104. The molecule has 0 N–H and O–H groups in total. The van der Waals surface area contributed by atoms with Crippen molar-refractivity contribution < 1.29 is 19.0 Å². The van der Waals surface area contributed by atoms with E-state index in [9.17, 15) is 4.79 Å². The fourth-order valence-electron chi connectivity index (χ4n) is 2.47. The Morgan fingerprint density at radius 1 is 0.792 bits per heavy atom. The van der Waals surface area contributed by atoms with Gasteiger partial charge in [-0.25, -0.2) is 0 Å². The van der Waals surface area contributed by atoms with Crippen LogP contribution < -0.4 is 0 Å². The molecule has 4 nitrogen and oxygen atoms in total. The molecule has 0 aromatic heterocycles. The van der Waals surface area contributed by atoms with Crippen LogP contribution in [0.2, 0.25) is 0 Å². The van der Waals surface area contributed by atoms with Gasteiger partial charge >= 0.3 is 5.97 Å². The molecule has 0 fully saturated rings. The van der Waals surface area contributed by atoms with Crippen LogP contribution in [0.1, 0.15) is 85.0 Å². The van der Waals surface area contributed by atoms with E-state index in [0.717, 1.165) is 25.9 Å². The van der Waals surface area contributed by atoms with Crippen LogP contribution in [0.5, 0.6) is 0 Å². The Kier molecular flexibility index (Phi) is 18.2. The van der Waals surface area contributed by atoms with Gasteiger partial charge in [-0.15, -0.1) is 0 Å². The minimum Gasteiger partial charge on any atom is -0.466 e. The molecule has 0 radical (unpaired) electrons. The minimum absolute atomic E-state index is 0.104. The van der Waals surface area contributed by atoms with Crippen LogP contribution in [0.3, 0.4) is 0 Å². The molecule has 4 heteroatoms. The summed E-state index contributed by atoms with van der Waals surface area (Å²) in [4.78, 5) is 11.5. The quantitative estimate of drug-likeness (QED) is 0.255. The lowest BCUT2D eigenvalue weighted by atomic mass is 10.0. The molecule has 1 atom stereocenters. The summed E-state index contributed by atoms with van der Waals surface area (Å²) in [6.07, 6.45) is 10.7. The van der Waals surface area contributed by atoms with Gasteiger partial charge in [0.05, 0.1) is 19.8 Å². The topological polar surface area (TPSA) is 44.8 Å². The number of hydrogen-bond acceptors (Lipinski definition) is 4. The number of rotatable bonds is 18. The number of esters is 1. The van der Waals surface area contributed by atoms with Crippen molar-refractivity contribution in [2.45, 2.75) is 85.0 Å². The van der Waals surface area contributed by atoms with E-state index >= 15 is 0 Å². The number of unbranched alkanes of at least 4 members (excludes halogenated alkanes) is 4. The summed E-state index contributed by atoms with van der Waals surface area (Å²) in [6.45, 7) is 9.87. The molecular weight excluding hydrogens is 304 g/mol. The van der Waals surface area contributed by atoms with Gasteiger partial charge < -0.3 is 14.2 Å². The summed E-state index contributed by atoms with van der Waals surface area (Å²) in [5, 5.41) is 0. The second-order valence-corrected chi connectivity index (χ2v) is 6.49. The molecule has 0 aliphatic heterocycles. The van der Waals surface area contributed by atoms with Crippen LogP contribution in [-0.4, -0.2) is 39.0 Å². The lowest BCUT2D eigenvalue weighted by molar-refractivity contribution is -0.144. The average Bonchev–Trinajstić information content (AvgIpc) is 2.59. The van der Waals surface area contributed by atoms with Crippen LogP contribution in [0.15, 0.2) is 0 Å². The highest BCUT2D eigenvalue weighted by Gasteiger charge is 2.06. The SMILES string of the molecule is CCCCCCOC(=O)CCCOCCOCC(CC)CCCC. The molecule has 0 aliphatic carbocycles. The Morgan fingerprint density at radius 3 is 2.25 bits per heavy atom. The van der Waals surface area contributed by atoms with Crippen molar-refractivity contribution in [3.05, 3.63) is 0 Å². The van der Waals surface area contributed by atoms with E-state index in [1.165, 1.54) is 38.5 Å². The predicted octanol–water partition coefficient (Wildman–Crippen LogP) is 5.14. The highest BCUT2D eigenvalue weighted by Crippen LogP contribution is 2.12. The van der Waals surface area contributed by atoms with Crippen LogP contribution in [0, 0.1) is 5.92 Å². The molecule has 24 heavy (non-hydrogen) atoms. The Labute approximate surface area is 149 Å². The van der Waals surface area contributed by atoms with Crippen LogP contribution in [0.25, 0.3) is 0 Å². The maximum absolute atomic E-state index is 11.5. The highest BCUT2D eigenvalue weighted by molar-refractivity contribution is 5.69. The number of hydrogen-bond donors (Lipinski definition) is 0. The summed E-state index contributed by atoms with van der Waals surface area (Å²) in [6, 6.07) is 0. The van der Waals surface area contributed by atoms with Crippen molar-refractivity contribution in [3.8, 4) is 0 Å². The van der Waals surface area contributed by atoms with E-state index in [1.54, 1.807) is 0 Å². The lowest BCUT2D eigenvalue weighted by Gasteiger charge is -2.14. The standard InChI is InChI=1S/C20H40O4/c1-4-7-9-10-15-24-20(21)13-11-14-22-16-17-23-18-19(6-3)12-8-5-2/h19H,4-18H2,1-3H3. The largest absolute Gasteiger partial charge is 0.466 e. The fourth-order valence-corrected chi connectivity index (χ4v) is 2.47. The highest BCUT2D eigenvalue weighted by atomic mass is 16.5. The Balaban J connectivity index is 3.30. The maximum atomic E-state index is 11.5. The van der Waals surface area contributed by atoms with E-state index < -0.39 is 0 Å². The first kappa shape index (κ1) is 23.4. The third kappa shape index (κ3) is 16.3. The smallest absolute Gasteiger partial charge is 0.305 e. The average molecular weight is 345 g/mol. The normalized spacial score (nSPS) is 12.3.